The summed E-state index contributed by atoms with van der Waals surface area (Å²) >= 11 is 5.62. The summed E-state index contributed by atoms with van der Waals surface area (Å²) in [5, 5.41) is 2.03. The van der Waals surface area contributed by atoms with Crippen molar-refractivity contribution in [2.75, 3.05) is 5.32 Å². The van der Waals surface area contributed by atoms with Gasteiger partial charge in [0.1, 0.15) is 5.69 Å². The molecule has 0 atom stereocenters. The number of amides is 1. The van der Waals surface area contributed by atoms with Crippen LogP contribution in [0.25, 0.3) is 22.6 Å². The fourth-order valence-electron chi connectivity index (χ4n) is 3.77. The average molecular weight is 536 g/mol. The molecule has 0 saturated heterocycles. The molecule has 0 aliphatic heterocycles. The van der Waals surface area contributed by atoms with Crippen molar-refractivity contribution < 1.29 is 22.8 Å². The molecule has 0 aliphatic rings. The van der Waals surface area contributed by atoms with Crippen molar-refractivity contribution in [2.24, 2.45) is 0 Å². The lowest BCUT2D eigenvalue weighted by Gasteiger charge is -2.11. The highest BCUT2D eigenvalue weighted by Crippen LogP contribution is 2.35. The topological polar surface area (TPSA) is 101 Å². The molecule has 3 aromatic carbocycles. The van der Waals surface area contributed by atoms with E-state index in [2.05, 4.69) is 25.3 Å². The third kappa shape index (κ3) is 5.12. The molecule has 2 heterocycles. The van der Waals surface area contributed by atoms with E-state index in [4.69, 9.17) is 11.6 Å². The number of halogens is 4. The Labute approximate surface area is 218 Å². The highest BCUT2D eigenvalue weighted by Gasteiger charge is 2.33. The molecule has 2 aromatic heterocycles. The number of anilines is 1. The van der Waals surface area contributed by atoms with Gasteiger partial charge in [0, 0.05) is 34.3 Å². The summed E-state index contributed by atoms with van der Waals surface area (Å²) < 4.78 is 39.3. The first-order valence-electron chi connectivity index (χ1n) is 11.2. The van der Waals surface area contributed by atoms with Gasteiger partial charge in [0.05, 0.1) is 27.8 Å². The summed E-state index contributed by atoms with van der Waals surface area (Å²) in [5.74, 6) is -0.459. The van der Waals surface area contributed by atoms with Crippen LogP contribution in [0, 0.1) is 6.92 Å². The summed E-state index contributed by atoms with van der Waals surface area (Å²) in [4.78, 5) is 41.9. The molecule has 0 bridgehead atoms. The zero-order valence-electron chi connectivity index (χ0n) is 19.6. The molecule has 5 aromatic rings. The van der Waals surface area contributed by atoms with Gasteiger partial charge in [-0.05, 0) is 67.6 Å². The second-order valence-electron chi connectivity index (χ2n) is 8.43. The maximum absolute atomic E-state index is 13.1. The Balaban J connectivity index is 1.34. The number of alkyl halides is 3. The molecule has 0 unspecified atom stereocenters. The van der Waals surface area contributed by atoms with Crippen LogP contribution in [0.4, 0.5) is 18.9 Å². The molecule has 0 radical (unpaired) electrons. The Bertz CT molecular complexity index is 1700. The first-order chi connectivity index (χ1) is 18.1. The van der Waals surface area contributed by atoms with Crippen LogP contribution < -0.4 is 5.32 Å². The highest BCUT2D eigenvalue weighted by molar-refractivity contribution is 6.31. The SMILES string of the molecule is Cc1cnc(-c2cnc3ccc(C(=O)c4ccc(NC(=O)c5ccc(Cl)c(C(F)(F)F)c5)cc4)cc3n2)[nH]1. The van der Waals surface area contributed by atoms with Crippen LogP contribution in [0.1, 0.15) is 37.5 Å². The van der Waals surface area contributed by atoms with Crippen molar-refractivity contribution in [3.8, 4) is 11.5 Å². The number of benzene rings is 3. The number of hydrogen-bond donors (Lipinski definition) is 2. The Morgan fingerprint density at radius 2 is 1.58 bits per heavy atom. The van der Waals surface area contributed by atoms with Crippen molar-refractivity contribution in [1.29, 1.82) is 0 Å². The van der Waals surface area contributed by atoms with Gasteiger partial charge in [-0.2, -0.15) is 13.2 Å². The van der Waals surface area contributed by atoms with Gasteiger partial charge in [0.15, 0.2) is 11.6 Å². The van der Waals surface area contributed by atoms with Crippen molar-refractivity contribution in [2.45, 2.75) is 13.1 Å². The molecule has 0 aliphatic carbocycles. The molecular weight excluding hydrogens is 519 g/mol. The van der Waals surface area contributed by atoms with Crippen LogP contribution in [0.5, 0.6) is 0 Å². The van der Waals surface area contributed by atoms with E-state index in [1.165, 1.54) is 30.3 Å². The fraction of sp³-hybridized carbons (Fsp3) is 0.0741. The second-order valence-corrected chi connectivity index (χ2v) is 8.83. The molecule has 11 heteroatoms. The van der Waals surface area contributed by atoms with E-state index in [1.807, 2.05) is 6.92 Å². The Hall–Kier alpha value is -4.57. The van der Waals surface area contributed by atoms with Crippen LogP contribution in [0.15, 0.2) is 73.1 Å². The van der Waals surface area contributed by atoms with Crippen LogP contribution in [-0.4, -0.2) is 31.6 Å². The summed E-state index contributed by atoms with van der Waals surface area (Å²) in [6, 6.07) is 13.9. The molecule has 0 fully saturated rings. The van der Waals surface area contributed by atoms with E-state index in [-0.39, 0.29) is 11.3 Å². The molecule has 38 heavy (non-hydrogen) atoms. The number of nitrogens with one attached hydrogen (secondary N) is 2. The van der Waals surface area contributed by atoms with Crippen LogP contribution >= 0.6 is 11.6 Å². The van der Waals surface area contributed by atoms with Gasteiger partial charge < -0.3 is 10.3 Å². The number of aromatic amines is 1. The largest absolute Gasteiger partial charge is 0.417 e. The third-order valence-electron chi connectivity index (χ3n) is 5.69. The lowest BCUT2D eigenvalue weighted by molar-refractivity contribution is -0.137. The number of fused-ring (bicyclic) bond motifs is 1. The van der Waals surface area contributed by atoms with E-state index < -0.39 is 22.7 Å². The third-order valence-corrected chi connectivity index (χ3v) is 6.02. The van der Waals surface area contributed by atoms with Crippen LogP contribution in [-0.2, 0) is 6.18 Å². The van der Waals surface area contributed by atoms with Gasteiger partial charge in [-0.3, -0.25) is 14.6 Å². The lowest BCUT2D eigenvalue weighted by atomic mass is 10.0. The maximum atomic E-state index is 13.1. The van der Waals surface area contributed by atoms with Gasteiger partial charge >= 0.3 is 6.18 Å². The number of aromatic nitrogens is 4. The molecular formula is C27H17ClF3N5O2. The van der Waals surface area contributed by atoms with Gasteiger partial charge in [0.25, 0.3) is 5.91 Å². The van der Waals surface area contributed by atoms with Crippen molar-refractivity contribution in [1.82, 2.24) is 19.9 Å². The Kier molecular flexibility index (Phi) is 6.41. The highest BCUT2D eigenvalue weighted by atomic mass is 35.5. The smallest absolute Gasteiger partial charge is 0.341 e. The minimum Gasteiger partial charge on any atom is -0.341 e. The molecule has 0 spiro atoms. The number of rotatable bonds is 5. The minimum absolute atomic E-state index is 0.205. The molecule has 190 valence electrons. The molecule has 5 rings (SSSR count). The minimum atomic E-state index is -4.69. The normalized spacial score (nSPS) is 11.5. The zero-order chi connectivity index (χ0) is 27.0. The molecule has 1 amide bonds. The monoisotopic (exact) mass is 535 g/mol. The molecule has 2 N–H and O–H groups in total. The van der Waals surface area contributed by atoms with Crippen molar-refractivity contribution in [3.63, 3.8) is 0 Å². The van der Waals surface area contributed by atoms with Gasteiger partial charge in [0.2, 0.25) is 0 Å². The van der Waals surface area contributed by atoms with E-state index in [9.17, 15) is 22.8 Å². The van der Waals surface area contributed by atoms with E-state index in [0.717, 1.165) is 11.8 Å². The van der Waals surface area contributed by atoms with Crippen molar-refractivity contribution in [3.05, 3.63) is 106 Å². The number of nitrogens with zero attached hydrogens (tertiary/aromatic N) is 3. The Morgan fingerprint density at radius 1 is 0.868 bits per heavy atom. The predicted molar refractivity (Wildman–Crippen MR) is 136 cm³/mol. The summed E-state index contributed by atoms with van der Waals surface area (Å²) in [6.07, 6.45) is -1.41. The summed E-state index contributed by atoms with van der Waals surface area (Å²) in [6.45, 7) is 1.87. The first kappa shape index (κ1) is 25.1. The number of aryl methyl sites for hydroxylation is 1. The summed E-state index contributed by atoms with van der Waals surface area (Å²) in [7, 11) is 0. The second kappa shape index (κ2) is 9.71. The Morgan fingerprint density at radius 3 is 2.26 bits per heavy atom. The number of imidazole rings is 1. The first-order valence-corrected chi connectivity index (χ1v) is 11.6. The zero-order valence-corrected chi connectivity index (χ0v) is 20.4. The standard InChI is InChI=1S/C27H17ClF3N5O2/c1-14-12-33-25(34-14)23-13-32-21-9-5-16(11-22(21)36-23)24(37)15-2-6-18(7-3-15)35-26(38)17-4-8-20(28)19(10-17)27(29,30)31/h2-13H,1H3,(H,33,34)(H,35,38). The van der Waals surface area contributed by atoms with E-state index >= 15 is 0 Å². The van der Waals surface area contributed by atoms with Crippen LogP contribution in [0.3, 0.4) is 0 Å². The summed E-state index contributed by atoms with van der Waals surface area (Å²) in [5.41, 5.74) is 2.29. The molecule has 7 nitrogen and oxygen atoms in total. The quantitative estimate of drug-likeness (QED) is 0.251. The fourth-order valence-corrected chi connectivity index (χ4v) is 3.99. The number of carbonyl (C=O) groups excluding carboxylic acids is 2. The van der Waals surface area contributed by atoms with Gasteiger partial charge in [-0.15, -0.1) is 0 Å². The van der Waals surface area contributed by atoms with Crippen molar-refractivity contribution >= 4 is 40.0 Å². The number of carbonyl (C=O) groups is 2. The number of H-pyrrole nitrogens is 1. The maximum Gasteiger partial charge on any atom is 0.417 e. The lowest BCUT2D eigenvalue weighted by Crippen LogP contribution is -2.14. The average Bonchev–Trinajstić information content (AvgIpc) is 3.34. The molecule has 0 saturated carbocycles. The number of hydrogen-bond acceptors (Lipinski definition) is 5. The van der Waals surface area contributed by atoms with Crippen LogP contribution in [0.2, 0.25) is 5.02 Å². The van der Waals surface area contributed by atoms with E-state index in [0.29, 0.717) is 45.4 Å². The van der Waals surface area contributed by atoms with Gasteiger partial charge in [-0.25, -0.2) is 9.97 Å². The predicted octanol–water partition coefficient (Wildman–Crippen LogP) is 6.48. The van der Waals surface area contributed by atoms with E-state index in [1.54, 1.807) is 30.6 Å². The number of ketones is 1. The van der Waals surface area contributed by atoms with Gasteiger partial charge in [-0.1, -0.05) is 11.6 Å².